The maximum Gasteiger partial charge on any atom is 0.256 e. The highest BCUT2D eigenvalue weighted by atomic mass is 16.2. The van der Waals surface area contributed by atoms with Gasteiger partial charge < -0.3 is 4.90 Å². The Morgan fingerprint density at radius 1 is 1.20 bits per heavy atom. The van der Waals surface area contributed by atoms with Crippen LogP contribution in [0.5, 0.6) is 0 Å². The second-order valence-electron chi connectivity index (χ2n) is 7.31. The largest absolute Gasteiger partial charge is 0.331 e. The number of pyridine rings is 1. The molecule has 3 nitrogen and oxygen atoms in total. The second kappa shape index (κ2) is 6.99. The Morgan fingerprint density at radius 3 is 3.00 bits per heavy atom. The first-order chi connectivity index (χ1) is 12.3. The van der Waals surface area contributed by atoms with Gasteiger partial charge in [0, 0.05) is 19.2 Å². The summed E-state index contributed by atoms with van der Waals surface area (Å²) >= 11 is 0. The minimum atomic E-state index is 0.147. The Hall–Kier alpha value is -2.16. The second-order valence-corrected chi connectivity index (χ2v) is 7.31. The number of aryl methyl sites for hydroxylation is 1. The number of carbonyl (C=O) groups excluding carboxylic acids is 1. The molecule has 25 heavy (non-hydrogen) atoms. The van der Waals surface area contributed by atoms with E-state index in [-0.39, 0.29) is 11.9 Å². The van der Waals surface area contributed by atoms with Crippen molar-refractivity contribution in [2.45, 2.75) is 57.9 Å². The van der Waals surface area contributed by atoms with E-state index in [4.69, 9.17) is 0 Å². The molecule has 130 valence electrons. The molecule has 0 spiro atoms. The zero-order valence-corrected chi connectivity index (χ0v) is 15.0. The first-order valence-corrected chi connectivity index (χ1v) is 9.64. The van der Waals surface area contributed by atoms with Crippen molar-refractivity contribution in [2.24, 2.45) is 0 Å². The number of unbranched alkanes of at least 4 members (excludes halogenated alkanes) is 3. The number of hydrogen-bond acceptors (Lipinski definition) is 2. The molecule has 2 aliphatic heterocycles. The zero-order chi connectivity index (χ0) is 17.2. The minimum Gasteiger partial charge on any atom is -0.331 e. The van der Waals surface area contributed by atoms with Gasteiger partial charge in [-0.2, -0.15) is 0 Å². The van der Waals surface area contributed by atoms with Crippen LogP contribution in [0, 0.1) is 0 Å². The molecule has 4 rings (SSSR count). The van der Waals surface area contributed by atoms with Gasteiger partial charge in [0.2, 0.25) is 0 Å². The van der Waals surface area contributed by atoms with Gasteiger partial charge in [0.1, 0.15) is 0 Å². The van der Waals surface area contributed by atoms with Crippen LogP contribution in [0.1, 0.15) is 71.4 Å². The van der Waals surface area contributed by atoms with E-state index in [9.17, 15) is 4.79 Å². The molecule has 3 heteroatoms. The van der Waals surface area contributed by atoms with Gasteiger partial charge in [-0.05, 0) is 48.1 Å². The smallest absolute Gasteiger partial charge is 0.256 e. The molecule has 0 radical (unpaired) electrons. The average molecular weight is 334 g/mol. The van der Waals surface area contributed by atoms with Crippen LogP contribution in [-0.4, -0.2) is 22.3 Å². The summed E-state index contributed by atoms with van der Waals surface area (Å²) in [6, 6.07) is 10.9. The summed E-state index contributed by atoms with van der Waals surface area (Å²) < 4.78 is 0. The Morgan fingerprint density at radius 2 is 2.12 bits per heavy atom. The first-order valence-electron chi connectivity index (χ1n) is 9.64. The van der Waals surface area contributed by atoms with E-state index in [0.29, 0.717) is 0 Å². The summed E-state index contributed by atoms with van der Waals surface area (Å²) in [4.78, 5) is 19.3. The van der Waals surface area contributed by atoms with Crippen LogP contribution in [0.15, 0.2) is 36.5 Å². The van der Waals surface area contributed by atoms with E-state index >= 15 is 0 Å². The normalized spacial score (nSPS) is 18.5. The van der Waals surface area contributed by atoms with Gasteiger partial charge in [-0.1, -0.05) is 44.4 Å². The fraction of sp³-hybridized carbons (Fsp3) is 0.455. The molecule has 0 bridgehead atoms. The predicted octanol–water partition coefficient (Wildman–Crippen LogP) is 4.50. The van der Waals surface area contributed by atoms with Crippen molar-refractivity contribution >= 4 is 5.91 Å². The Labute approximate surface area is 150 Å². The van der Waals surface area contributed by atoms with Crippen LogP contribution >= 0.6 is 0 Å². The van der Waals surface area contributed by atoms with E-state index in [1.54, 1.807) is 6.20 Å². The Balaban J connectivity index is 1.57. The van der Waals surface area contributed by atoms with Crippen molar-refractivity contribution in [1.29, 1.82) is 0 Å². The summed E-state index contributed by atoms with van der Waals surface area (Å²) in [7, 11) is 0. The van der Waals surface area contributed by atoms with Gasteiger partial charge in [0.15, 0.2) is 0 Å². The standard InChI is InChI=1S/C22H26N2O/c1-2-3-4-5-7-16-9-10-18-17(14-16)11-13-24-21(18)15-20-19(22(24)25)8-6-12-23-20/h6,8-10,12,14,21H,2-5,7,11,13,15H2,1H3. The number of aromatic nitrogens is 1. The molecule has 1 amide bonds. The van der Waals surface area contributed by atoms with Crippen LogP contribution in [0.2, 0.25) is 0 Å². The minimum absolute atomic E-state index is 0.147. The molecule has 1 atom stereocenters. The van der Waals surface area contributed by atoms with E-state index in [1.807, 2.05) is 17.0 Å². The molecule has 3 heterocycles. The molecule has 0 fully saturated rings. The molecule has 0 saturated heterocycles. The molecule has 0 N–H and O–H groups in total. The summed E-state index contributed by atoms with van der Waals surface area (Å²) in [5, 5.41) is 0. The lowest BCUT2D eigenvalue weighted by atomic mass is 9.84. The third kappa shape index (κ3) is 3.08. The molecule has 1 aromatic carbocycles. The first kappa shape index (κ1) is 16.3. The van der Waals surface area contributed by atoms with Gasteiger partial charge in [0.25, 0.3) is 5.91 Å². The van der Waals surface area contributed by atoms with Crippen LogP contribution in [0.25, 0.3) is 0 Å². The lowest BCUT2D eigenvalue weighted by Crippen LogP contribution is -2.44. The molecule has 1 aromatic heterocycles. The van der Waals surface area contributed by atoms with E-state index in [0.717, 1.165) is 30.6 Å². The van der Waals surface area contributed by atoms with Crippen molar-refractivity contribution in [3.8, 4) is 0 Å². The summed E-state index contributed by atoms with van der Waals surface area (Å²) in [5.74, 6) is 0.147. The third-order valence-corrected chi connectivity index (χ3v) is 5.65. The maximum absolute atomic E-state index is 12.8. The van der Waals surface area contributed by atoms with E-state index in [1.165, 1.54) is 48.8 Å². The molecule has 2 aliphatic rings. The van der Waals surface area contributed by atoms with Gasteiger partial charge in [-0.25, -0.2) is 0 Å². The highest BCUT2D eigenvalue weighted by Crippen LogP contribution is 2.37. The van der Waals surface area contributed by atoms with Crippen molar-refractivity contribution in [1.82, 2.24) is 9.88 Å². The fourth-order valence-electron chi connectivity index (χ4n) is 4.27. The van der Waals surface area contributed by atoms with E-state index < -0.39 is 0 Å². The zero-order valence-electron chi connectivity index (χ0n) is 15.0. The van der Waals surface area contributed by atoms with Crippen molar-refractivity contribution < 1.29 is 4.79 Å². The molecule has 0 aliphatic carbocycles. The summed E-state index contributed by atoms with van der Waals surface area (Å²) in [5.41, 5.74) is 5.94. The Kier molecular flexibility index (Phi) is 4.56. The van der Waals surface area contributed by atoms with Crippen molar-refractivity contribution in [3.63, 3.8) is 0 Å². The van der Waals surface area contributed by atoms with Crippen molar-refractivity contribution in [3.05, 3.63) is 64.5 Å². The monoisotopic (exact) mass is 334 g/mol. The van der Waals surface area contributed by atoms with Crippen LogP contribution in [0.4, 0.5) is 0 Å². The molecular formula is C22H26N2O. The van der Waals surface area contributed by atoms with Gasteiger partial charge in [-0.15, -0.1) is 0 Å². The molecular weight excluding hydrogens is 308 g/mol. The Bertz CT molecular complexity index is 783. The number of amides is 1. The predicted molar refractivity (Wildman–Crippen MR) is 99.7 cm³/mol. The SMILES string of the molecule is CCCCCCc1ccc2c(c1)CCN1C(=O)c3cccnc3CC21. The third-order valence-electron chi connectivity index (χ3n) is 5.65. The number of carbonyl (C=O) groups is 1. The quantitative estimate of drug-likeness (QED) is 0.754. The lowest BCUT2D eigenvalue weighted by molar-refractivity contribution is 0.0629. The van der Waals surface area contributed by atoms with Gasteiger partial charge in [-0.3, -0.25) is 9.78 Å². The number of nitrogens with zero attached hydrogens (tertiary/aromatic N) is 2. The van der Waals surface area contributed by atoms with Crippen LogP contribution in [0.3, 0.4) is 0 Å². The number of rotatable bonds is 5. The topological polar surface area (TPSA) is 33.2 Å². The average Bonchev–Trinajstić information content (AvgIpc) is 2.65. The number of hydrogen-bond donors (Lipinski definition) is 0. The summed E-state index contributed by atoms with van der Waals surface area (Å²) in [6.45, 7) is 3.08. The van der Waals surface area contributed by atoms with E-state index in [2.05, 4.69) is 30.1 Å². The molecule has 2 aromatic rings. The highest BCUT2D eigenvalue weighted by molar-refractivity contribution is 5.96. The number of fused-ring (bicyclic) bond motifs is 4. The van der Waals surface area contributed by atoms with Crippen molar-refractivity contribution in [2.75, 3.05) is 6.54 Å². The van der Waals surface area contributed by atoms with Crippen LogP contribution in [-0.2, 0) is 19.3 Å². The lowest BCUT2D eigenvalue weighted by Gasteiger charge is -2.40. The van der Waals surface area contributed by atoms with Crippen LogP contribution < -0.4 is 0 Å². The molecule has 1 unspecified atom stereocenters. The summed E-state index contributed by atoms with van der Waals surface area (Å²) in [6.07, 6.45) is 9.98. The van der Waals surface area contributed by atoms with Gasteiger partial charge in [0.05, 0.1) is 17.3 Å². The molecule has 0 saturated carbocycles. The highest BCUT2D eigenvalue weighted by Gasteiger charge is 2.37. The number of benzene rings is 1. The van der Waals surface area contributed by atoms with Gasteiger partial charge >= 0.3 is 0 Å². The fourth-order valence-corrected chi connectivity index (χ4v) is 4.27. The maximum atomic E-state index is 12.8.